The average molecular weight is 982 g/mol. The van der Waals surface area contributed by atoms with Gasteiger partial charge >= 0.3 is 0 Å². The van der Waals surface area contributed by atoms with Crippen LogP contribution in [0.15, 0.2) is 185 Å². The van der Waals surface area contributed by atoms with Crippen molar-refractivity contribution >= 4 is 60.9 Å². The van der Waals surface area contributed by atoms with E-state index in [1.807, 2.05) is 0 Å². The molecule has 0 saturated heterocycles. The fourth-order valence-electron chi connectivity index (χ4n) is 14.5. The van der Waals surface area contributed by atoms with Crippen LogP contribution >= 0.6 is 0 Å². The zero-order chi connectivity index (χ0) is 51.9. The van der Waals surface area contributed by atoms with Gasteiger partial charge in [-0.3, -0.25) is 0 Å². The average Bonchev–Trinajstić information content (AvgIpc) is 4.37. The van der Waals surface area contributed by atoms with Crippen LogP contribution in [0.3, 0.4) is 0 Å². The summed E-state index contributed by atoms with van der Waals surface area (Å²) in [6.07, 6.45) is 0. The van der Waals surface area contributed by atoms with Crippen molar-refractivity contribution in [1.82, 2.24) is 0 Å². The number of furan rings is 2. The van der Waals surface area contributed by atoms with Gasteiger partial charge in [-0.2, -0.15) is 0 Å². The Kier molecular flexibility index (Phi) is 9.10. The number of anilines is 3. The second-order valence-electron chi connectivity index (χ2n) is 23.9. The van der Waals surface area contributed by atoms with Gasteiger partial charge in [0, 0.05) is 60.3 Å². The molecule has 3 aliphatic carbocycles. The van der Waals surface area contributed by atoms with Crippen LogP contribution in [0.5, 0.6) is 0 Å². The van der Waals surface area contributed by atoms with Crippen LogP contribution in [-0.2, 0) is 16.2 Å². The number of hydrogen-bond acceptors (Lipinski definition) is 3. The van der Waals surface area contributed by atoms with E-state index in [4.69, 9.17) is 8.83 Å². The summed E-state index contributed by atoms with van der Waals surface area (Å²) in [5.41, 5.74) is 32.1. The van der Waals surface area contributed by atoms with Gasteiger partial charge < -0.3 is 13.7 Å². The standard InChI is InChI=1S/C73H59NO2/c1-40-23-25-44(26-24-40)47-17-11-14-20-61(47)74(46-28-30-49-57(36-46)73(9,10)60-39-54(65-42(3)33-41(2)34-43(65)4)70-69(66(49)60)51-19-13-16-22-63(51)76-70)45-27-29-48-52-37-59-53(38-58(52)72(7,8)56(48)35-45)67-55(71(59,5)6)31-32-64-68(67)50-18-12-15-21-62(50)75-64/h11-39H,1-10H3. The number of rotatable bonds is 5. The van der Waals surface area contributed by atoms with Crippen LogP contribution in [0.25, 0.3) is 99.5 Å². The van der Waals surface area contributed by atoms with Gasteiger partial charge in [-0.25, -0.2) is 0 Å². The first-order chi connectivity index (χ1) is 36.6. The minimum absolute atomic E-state index is 0.187. The summed E-state index contributed by atoms with van der Waals surface area (Å²) in [5.74, 6) is 0. The van der Waals surface area contributed by atoms with E-state index in [1.54, 1.807) is 0 Å². The molecule has 0 radical (unpaired) electrons. The minimum atomic E-state index is -0.334. The maximum atomic E-state index is 6.97. The molecule has 0 aliphatic heterocycles. The monoisotopic (exact) mass is 981 g/mol. The normalized spacial score (nSPS) is 15.0. The smallest absolute Gasteiger partial charge is 0.143 e. The van der Waals surface area contributed by atoms with Gasteiger partial charge in [-0.05, 0) is 183 Å². The molecule has 2 heterocycles. The summed E-state index contributed by atoms with van der Waals surface area (Å²) in [6.45, 7) is 23.3. The molecule has 76 heavy (non-hydrogen) atoms. The SMILES string of the molecule is Cc1ccc(-c2ccccc2N(c2ccc3c(c2)C(C)(C)c2cc4c(cc2-3)C(C)(C)c2ccc3oc5ccccc5c3c2-4)c2ccc3c(c2)C(C)(C)c2cc(-c4c(C)cc(C)cc4C)c4oc5ccccc5c4c2-3)cc1. The summed E-state index contributed by atoms with van der Waals surface area (Å²) < 4.78 is 13.5. The Morgan fingerprint density at radius 1 is 0.342 bits per heavy atom. The van der Waals surface area contributed by atoms with Gasteiger partial charge in [0.25, 0.3) is 0 Å². The minimum Gasteiger partial charge on any atom is -0.456 e. The quantitative estimate of drug-likeness (QED) is 0.172. The van der Waals surface area contributed by atoms with E-state index in [2.05, 4.69) is 250 Å². The number of hydrogen-bond donors (Lipinski definition) is 0. The van der Waals surface area contributed by atoms with Crippen molar-refractivity contribution in [1.29, 1.82) is 0 Å². The lowest BCUT2D eigenvalue weighted by Gasteiger charge is -2.31. The molecule has 2 aromatic heterocycles. The Bertz CT molecular complexity index is 4510. The van der Waals surface area contributed by atoms with Crippen LogP contribution in [0, 0.1) is 27.7 Å². The first-order valence-corrected chi connectivity index (χ1v) is 27.1. The highest BCUT2D eigenvalue weighted by atomic mass is 16.3. The fourth-order valence-corrected chi connectivity index (χ4v) is 14.5. The highest BCUT2D eigenvalue weighted by molar-refractivity contribution is 6.19. The Morgan fingerprint density at radius 2 is 0.882 bits per heavy atom. The Hall–Kier alpha value is -8.40. The lowest BCUT2D eigenvalue weighted by Crippen LogP contribution is -2.18. The summed E-state index contributed by atoms with van der Waals surface area (Å²) in [5, 5.41) is 4.75. The first kappa shape index (κ1) is 45.0. The predicted molar refractivity (Wildman–Crippen MR) is 318 cm³/mol. The molecule has 0 bridgehead atoms. The van der Waals surface area contributed by atoms with Crippen molar-refractivity contribution in [2.24, 2.45) is 0 Å². The largest absolute Gasteiger partial charge is 0.456 e. The van der Waals surface area contributed by atoms with E-state index in [9.17, 15) is 0 Å². The van der Waals surface area contributed by atoms with Gasteiger partial charge in [0.1, 0.15) is 22.3 Å². The number of aryl methyl sites for hydroxylation is 4. The Balaban J connectivity index is 0.927. The highest BCUT2D eigenvalue weighted by Crippen LogP contribution is 2.60. The molecule has 3 heteroatoms. The van der Waals surface area contributed by atoms with Gasteiger partial charge in [0.05, 0.1) is 5.69 Å². The molecule has 10 aromatic carbocycles. The highest BCUT2D eigenvalue weighted by Gasteiger charge is 2.44. The molecule has 368 valence electrons. The van der Waals surface area contributed by atoms with Crippen molar-refractivity contribution in [3.8, 4) is 55.6 Å². The maximum absolute atomic E-state index is 6.97. The van der Waals surface area contributed by atoms with Crippen LogP contribution in [0.1, 0.15) is 97.2 Å². The van der Waals surface area contributed by atoms with E-state index in [-0.39, 0.29) is 16.2 Å². The number of nitrogens with zero attached hydrogens (tertiary/aromatic N) is 1. The van der Waals surface area contributed by atoms with E-state index < -0.39 is 0 Å². The summed E-state index contributed by atoms with van der Waals surface area (Å²) in [6, 6.07) is 66.3. The van der Waals surface area contributed by atoms with Crippen LogP contribution < -0.4 is 4.90 Å². The molecule has 0 atom stereocenters. The summed E-state index contributed by atoms with van der Waals surface area (Å²) in [7, 11) is 0. The van der Waals surface area contributed by atoms with E-state index in [0.717, 1.165) is 50.3 Å². The molecule has 0 N–H and O–H groups in total. The van der Waals surface area contributed by atoms with E-state index in [1.165, 1.54) is 122 Å². The third-order valence-corrected chi connectivity index (χ3v) is 18.2. The zero-order valence-electron chi connectivity index (χ0n) is 45.0. The molecule has 0 unspecified atom stereocenters. The molecule has 3 aliphatic rings. The maximum Gasteiger partial charge on any atom is 0.143 e. The van der Waals surface area contributed by atoms with Crippen molar-refractivity contribution in [3.05, 3.63) is 232 Å². The second kappa shape index (κ2) is 15.4. The molecule has 0 saturated carbocycles. The molecule has 0 fully saturated rings. The zero-order valence-corrected chi connectivity index (χ0v) is 45.0. The lowest BCUT2D eigenvalue weighted by molar-refractivity contribution is 0.651. The molecule has 15 rings (SSSR count). The Labute approximate surface area is 445 Å². The molecule has 0 spiro atoms. The molecular weight excluding hydrogens is 923 g/mol. The fraction of sp³-hybridized carbons (Fsp3) is 0.178. The predicted octanol–water partition coefficient (Wildman–Crippen LogP) is 20.4. The first-order valence-electron chi connectivity index (χ1n) is 27.1. The van der Waals surface area contributed by atoms with E-state index in [0.29, 0.717) is 0 Å². The van der Waals surface area contributed by atoms with Crippen LogP contribution in [0.2, 0.25) is 0 Å². The molecule has 3 nitrogen and oxygen atoms in total. The topological polar surface area (TPSA) is 29.5 Å². The van der Waals surface area contributed by atoms with E-state index >= 15 is 0 Å². The number of para-hydroxylation sites is 3. The van der Waals surface area contributed by atoms with Gasteiger partial charge in [0.15, 0.2) is 0 Å². The summed E-state index contributed by atoms with van der Waals surface area (Å²) >= 11 is 0. The van der Waals surface area contributed by atoms with Crippen LogP contribution in [-0.4, -0.2) is 0 Å². The number of benzene rings is 10. The van der Waals surface area contributed by atoms with Gasteiger partial charge in [0.2, 0.25) is 0 Å². The van der Waals surface area contributed by atoms with Gasteiger partial charge in [-0.1, -0.05) is 162 Å². The molecular formula is C73H59NO2. The third kappa shape index (κ3) is 6.00. The van der Waals surface area contributed by atoms with Gasteiger partial charge in [-0.15, -0.1) is 0 Å². The Morgan fingerprint density at radius 3 is 1.61 bits per heavy atom. The lowest BCUT2D eigenvalue weighted by atomic mass is 9.79. The molecule has 0 amide bonds. The van der Waals surface area contributed by atoms with Crippen molar-refractivity contribution in [2.45, 2.75) is 85.5 Å². The number of fused-ring (bicyclic) bond motifs is 17. The molecule has 12 aromatic rings. The van der Waals surface area contributed by atoms with Crippen LogP contribution in [0.4, 0.5) is 17.1 Å². The third-order valence-electron chi connectivity index (χ3n) is 18.2. The second-order valence-corrected chi connectivity index (χ2v) is 23.9. The summed E-state index contributed by atoms with van der Waals surface area (Å²) in [4.78, 5) is 2.53. The van der Waals surface area contributed by atoms with Crippen molar-refractivity contribution in [3.63, 3.8) is 0 Å². The van der Waals surface area contributed by atoms with Crippen molar-refractivity contribution in [2.75, 3.05) is 4.90 Å². The van der Waals surface area contributed by atoms with Crippen molar-refractivity contribution < 1.29 is 8.83 Å².